The summed E-state index contributed by atoms with van der Waals surface area (Å²) < 4.78 is 53.5. The molecule has 4 rings (SSSR count). The average Bonchev–Trinajstić information content (AvgIpc) is 2.82. The zero-order chi connectivity index (χ0) is 26.0. The van der Waals surface area contributed by atoms with Crippen LogP contribution in [0.25, 0.3) is 11.1 Å². The van der Waals surface area contributed by atoms with E-state index in [1.807, 2.05) is 0 Å². The number of nitriles is 1. The average molecular weight is 506 g/mol. The Bertz CT molecular complexity index is 1630. The Morgan fingerprint density at radius 3 is 2.44 bits per heavy atom. The van der Waals surface area contributed by atoms with E-state index in [0.29, 0.717) is 51.3 Å². The minimum absolute atomic E-state index is 0.437. The van der Waals surface area contributed by atoms with Crippen molar-refractivity contribution >= 4 is 21.5 Å². The van der Waals surface area contributed by atoms with E-state index >= 15 is 0 Å². The van der Waals surface area contributed by atoms with Gasteiger partial charge in [0.1, 0.15) is 34.2 Å². The molecule has 3 aromatic heterocycles. The Morgan fingerprint density at radius 1 is 0.972 bits per heavy atom. The molecule has 1 N–H and O–H groups in total. The fourth-order valence-corrected chi connectivity index (χ4v) is 5.41. The second-order valence-electron chi connectivity index (χ2n) is 8.19. The number of benzene rings is 1. The van der Waals surface area contributed by atoms with Gasteiger partial charge in [-0.1, -0.05) is 0 Å². The van der Waals surface area contributed by atoms with E-state index in [1.165, 1.54) is 0 Å². The van der Waals surface area contributed by atoms with Crippen LogP contribution in [0.5, 0.6) is 0 Å². The third-order valence-electron chi connectivity index (χ3n) is 5.78. The Labute approximate surface area is 207 Å². The largest absolute Gasteiger partial charge is 0.325 e. The number of aromatic nitrogens is 3. The van der Waals surface area contributed by atoms with Crippen LogP contribution in [0, 0.1) is 43.7 Å². The number of nitrogens with one attached hydrogen (secondary N) is 1. The molecule has 36 heavy (non-hydrogen) atoms. The molecule has 0 spiro atoms. The molecule has 0 aliphatic rings. The maximum atomic E-state index is 14.2. The maximum absolute atomic E-state index is 14.2. The number of halogens is 2. The summed E-state index contributed by atoms with van der Waals surface area (Å²) in [5, 5.41) is 12.2. The predicted molar refractivity (Wildman–Crippen MR) is 131 cm³/mol. The van der Waals surface area contributed by atoms with Crippen LogP contribution < -0.4 is 5.32 Å². The highest BCUT2D eigenvalue weighted by molar-refractivity contribution is 7.90. The molecule has 0 radical (unpaired) electrons. The van der Waals surface area contributed by atoms with Gasteiger partial charge in [0.15, 0.2) is 9.84 Å². The molecule has 0 saturated heterocycles. The molecule has 3 heterocycles. The summed E-state index contributed by atoms with van der Waals surface area (Å²) in [6.07, 6.45) is 3.24. The van der Waals surface area contributed by atoms with Crippen LogP contribution in [-0.4, -0.2) is 23.4 Å². The molecule has 0 atom stereocenters. The Kier molecular flexibility index (Phi) is 6.77. The molecule has 1 aromatic carbocycles. The molecule has 0 aliphatic carbocycles. The molecule has 0 unspecified atom stereocenters. The van der Waals surface area contributed by atoms with Crippen molar-refractivity contribution in [3.8, 4) is 17.2 Å². The molecule has 0 aliphatic heterocycles. The Hall–Kier alpha value is -4.23. The van der Waals surface area contributed by atoms with Crippen molar-refractivity contribution in [1.29, 1.82) is 5.26 Å². The van der Waals surface area contributed by atoms with Crippen LogP contribution >= 0.6 is 0 Å². The molecule has 0 amide bonds. The van der Waals surface area contributed by atoms with Gasteiger partial charge in [-0.25, -0.2) is 27.2 Å². The predicted octanol–water partition coefficient (Wildman–Crippen LogP) is 5.33. The van der Waals surface area contributed by atoms with Crippen LogP contribution in [0.2, 0.25) is 0 Å². The van der Waals surface area contributed by atoms with Crippen LogP contribution in [0.3, 0.4) is 0 Å². The van der Waals surface area contributed by atoms with Gasteiger partial charge >= 0.3 is 0 Å². The zero-order valence-corrected chi connectivity index (χ0v) is 20.5. The van der Waals surface area contributed by atoms with Gasteiger partial charge < -0.3 is 5.32 Å². The third-order valence-corrected chi connectivity index (χ3v) is 7.45. The first-order chi connectivity index (χ1) is 17.1. The van der Waals surface area contributed by atoms with Gasteiger partial charge in [0.25, 0.3) is 0 Å². The number of aryl methyl sites for hydroxylation is 2. The highest BCUT2D eigenvalue weighted by Gasteiger charge is 2.23. The SMILES string of the molecule is Cc1nc(Nc2cc(-c3cnc(C)c(CS(=O)(=O)c4ccc(F)cc4F)c3C)ccn2)ccc1C#N. The lowest BCUT2D eigenvalue weighted by Crippen LogP contribution is -2.11. The summed E-state index contributed by atoms with van der Waals surface area (Å²) in [6, 6.07) is 11.4. The summed E-state index contributed by atoms with van der Waals surface area (Å²) in [7, 11) is -4.10. The number of sulfone groups is 1. The lowest BCUT2D eigenvalue weighted by molar-refractivity contribution is 0.548. The lowest BCUT2D eigenvalue weighted by atomic mass is 9.99. The lowest BCUT2D eigenvalue weighted by Gasteiger charge is -2.15. The van der Waals surface area contributed by atoms with E-state index in [1.54, 1.807) is 57.4 Å². The molecule has 4 aromatic rings. The first-order valence-electron chi connectivity index (χ1n) is 10.8. The minimum atomic E-state index is -4.10. The molecular weight excluding hydrogens is 484 g/mol. The van der Waals surface area contributed by atoms with Crippen molar-refractivity contribution in [2.24, 2.45) is 0 Å². The second kappa shape index (κ2) is 9.79. The first kappa shape index (κ1) is 24.9. The van der Waals surface area contributed by atoms with Crippen LogP contribution in [0.15, 0.2) is 59.8 Å². The van der Waals surface area contributed by atoms with Crippen molar-refractivity contribution in [3.05, 3.63) is 94.6 Å². The molecule has 0 saturated carbocycles. The minimum Gasteiger partial charge on any atom is -0.325 e. The normalized spacial score (nSPS) is 11.2. The molecule has 7 nitrogen and oxygen atoms in total. The smallest absolute Gasteiger partial charge is 0.185 e. The monoisotopic (exact) mass is 505 g/mol. The second-order valence-corrected chi connectivity index (χ2v) is 10.1. The van der Waals surface area contributed by atoms with Crippen LogP contribution in [0.1, 0.15) is 28.1 Å². The quantitative estimate of drug-likeness (QED) is 0.353. The van der Waals surface area contributed by atoms with Gasteiger partial charge in [-0.2, -0.15) is 5.26 Å². The number of anilines is 2. The number of rotatable bonds is 6. The highest BCUT2D eigenvalue weighted by Crippen LogP contribution is 2.31. The van der Waals surface area contributed by atoms with E-state index in [0.717, 1.165) is 17.7 Å². The van der Waals surface area contributed by atoms with E-state index in [-0.39, 0.29) is 0 Å². The van der Waals surface area contributed by atoms with Gasteiger partial charge in [0.2, 0.25) is 0 Å². The maximum Gasteiger partial charge on any atom is 0.185 e. The van der Waals surface area contributed by atoms with Crippen molar-refractivity contribution < 1.29 is 17.2 Å². The zero-order valence-electron chi connectivity index (χ0n) is 19.7. The summed E-state index contributed by atoms with van der Waals surface area (Å²) in [5.41, 5.74) is 4.07. The van der Waals surface area contributed by atoms with Crippen molar-refractivity contribution in [1.82, 2.24) is 15.0 Å². The van der Waals surface area contributed by atoms with Crippen LogP contribution in [-0.2, 0) is 15.6 Å². The summed E-state index contributed by atoms with van der Waals surface area (Å²) in [5.74, 6) is -1.46. The third kappa shape index (κ3) is 5.06. The Morgan fingerprint density at radius 2 is 1.75 bits per heavy atom. The summed E-state index contributed by atoms with van der Waals surface area (Å²) in [4.78, 5) is 12.5. The first-order valence-corrected chi connectivity index (χ1v) is 12.5. The van der Waals surface area contributed by atoms with Gasteiger partial charge in [0.05, 0.1) is 17.0 Å². The van der Waals surface area contributed by atoms with E-state index in [2.05, 4.69) is 26.3 Å². The molecule has 0 fully saturated rings. The Balaban J connectivity index is 1.68. The van der Waals surface area contributed by atoms with Crippen LogP contribution in [0.4, 0.5) is 20.4 Å². The van der Waals surface area contributed by atoms with Crippen molar-refractivity contribution in [3.63, 3.8) is 0 Å². The highest BCUT2D eigenvalue weighted by atomic mass is 32.2. The van der Waals surface area contributed by atoms with Gasteiger partial charge in [-0.3, -0.25) is 4.98 Å². The van der Waals surface area contributed by atoms with Crippen molar-refractivity contribution in [2.45, 2.75) is 31.4 Å². The summed E-state index contributed by atoms with van der Waals surface area (Å²) >= 11 is 0. The van der Waals surface area contributed by atoms with Gasteiger partial charge in [-0.05, 0) is 73.9 Å². The van der Waals surface area contributed by atoms with E-state index in [4.69, 9.17) is 5.26 Å². The number of pyridine rings is 3. The van der Waals surface area contributed by atoms with E-state index < -0.39 is 32.1 Å². The van der Waals surface area contributed by atoms with Gasteiger partial charge in [-0.15, -0.1) is 0 Å². The van der Waals surface area contributed by atoms with Gasteiger partial charge in [0, 0.05) is 29.7 Å². The number of hydrogen-bond acceptors (Lipinski definition) is 7. The standard InChI is InChI=1S/C26H21F2N5O2S/c1-15-21(18-8-9-30-26(10-18)33-25-7-4-19(12-29)16(2)32-25)13-31-17(3)22(15)14-36(34,35)24-6-5-20(27)11-23(24)28/h4-11,13H,14H2,1-3H3,(H,30,32,33). The fourth-order valence-electron chi connectivity index (χ4n) is 3.82. The topological polar surface area (TPSA) is 109 Å². The number of hydrogen-bond donors (Lipinski definition) is 1. The van der Waals surface area contributed by atoms with E-state index in [9.17, 15) is 17.2 Å². The molecular formula is C26H21F2N5O2S. The van der Waals surface area contributed by atoms with Crippen molar-refractivity contribution in [2.75, 3.05) is 5.32 Å². The molecule has 10 heteroatoms. The fraction of sp³-hybridized carbons (Fsp3) is 0.154. The molecule has 182 valence electrons. The number of nitrogens with zero attached hydrogens (tertiary/aromatic N) is 4. The summed E-state index contributed by atoms with van der Waals surface area (Å²) in [6.45, 7) is 5.19. The molecule has 0 bridgehead atoms.